The predicted octanol–water partition coefficient (Wildman–Crippen LogP) is 5.86. The van der Waals surface area contributed by atoms with E-state index < -0.39 is 0 Å². The minimum atomic E-state index is -0.204. The molecular formula is C15H22BrClFN. The molecule has 0 aliphatic carbocycles. The third-order valence-corrected chi connectivity index (χ3v) is 4.56. The van der Waals surface area contributed by atoms with Crippen molar-refractivity contribution in [3.63, 3.8) is 0 Å². The van der Waals surface area contributed by atoms with Crippen LogP contribution in [0.1, 0.15) is 57.1 Å². The standard InChI is InChI=1S/C15H22BrClFN/c1-3-4-5-6-7-8-15(19-2)11-9-13(17)12(16)10-14(11)18/h9-10,15,19H,3-8H2,1-2H3. The highest BCUT2D eigenvalue weighted by molar-refractivity contribution is 9.10. The number of nitrogens with one attached hydrogen (secondary N) is 1. The van der Waals surface area contributed by atoms with Crippen LogP contribution in [0.15, 0.2) is 16.6 Å². The molecule has 0 aliphatic rings. The zero-order valence-corrected chi connectivity index (χ0v) is 14.0. The van der Waals surface area contributed by atoms with Gasteiger partial charge in [-0.1, -0.05) is 50.6 Å². The Morgan fingerprint density at radius 2 is 1.95 bits per heavy atom. The summed E-state index contributed by atoms with van der Waals surface area (Å²) in [5, 5.41) is 3.74. The lowest BCUT2D eigenvalue weighted by molar-refractivity contribution is 0.477. The smallest absolute Gasteiger partial charge is 0.129 e. The van der Waals surface area contributed by atoms with Crippen molar-refractivity contribution >= 4 is 27.5 Å². The maximum absolute atomic E-state index is 14.0. The largest absolute Gasteiger partial charge is 0.313 e. The summed E-state index contributed by atoms with van der Waals surface area (Å²) >= 11 is 9.29. The fourth-order valence-corrected chi connectivity index (χ4v) is 2.70. The molecule has 1 aromatic carbocycles. The molecule has 4 heteroatoms. The summed E-state index contributed by atoms with van der Waals surface area (Å²) in [6.07, 6.45) is 7.04. The molecule has 0 radical (unpaired) electrons. The van der Waals surface area contributed by atoms with E-state index in [0.717, 1.165) is 12.8 Å². The number of hydrogen-bond acceptors (Lipinski definition) is 1. The normalized spacial score (nSPS) is 12.7. The molecular weight excluding hydrogens is 329 g/mol. The van der Waals surface area contributed by atoms with Gasteiger partial charge in [0, 0.05) is 16.1 Å². The Morgan fingerprint density at radius 1 is 1.26 bits per heavy atom. The minimum absolute atomic E-state index is 0.0345. The molecule has 0 aliphatic heterocycles. The molecule has 1 nitrogen and oxygen atoms in total. The predicted molar refractivity (Wildman–Crippen MR) is 84.3 cm³/mol. The first-order chi connectivity index (χ1) is 9.10. The first-order valence-corrected chi connectivity index (χ1v) is 8.09. The van der Waals surface area contributed by atoms with Crippen molar-refractivity contribution in [3.05, 3.63) is 33.0 Å². The fraction of sp³-hybridized carbons (Fsp3) is 0.600. The van der Waals surface area contributed by atoms with Gasteiger partial charge in [-0.15, -0.1) is 0 Å². The van der Waals surface area contributed by atoms with Crippen molar-refractivity contribution in [1.82, 2.24) is 5.32 Å². The van der Waals surface area contributed by atoms with Crippen molar-refractivity contribution in [3.8, 4) is 0 Å². The summed E-state index contributed by atoms with van der Waals surface area (Å²) in [5.41, 5.74) is 0.659. The first-order valence-electron chi connectivity index (χ1n) is 6.91. The summed E-state index contributed by atoms with van der Waals surface area (Å²) in [5.74, 6) is -0.204. The van der Waals surface area contributed by atoms with E-state index in [-0.39, 0.29) is 11.9 Å². The Kier molecular flexibility index (Phi) is 7.96. The highest BCUT2D eigenvalue weighted by Gasteiger charge is 2.15. The second-order valence-corrected chi connectivity index (χ2v) is 6.09. The third-order valence-electron chi connectivity index (χ3n) is 3.36. The highest BCUT2D eigenvalue weighted by Crippen LogP contribution is 2.30. The molecule has 1 N–H and O–H groups in total. The number of unbranched alkanes of at least 4 members (excludes halogenated alkanes) is 4. The van der Waals surface area contributed by atoms with Crippen LogP contribution in [-0.2, 0) is 0 Å². The van der Waals surface area contributed by atoms with Gasteiger partial charge >= 0.3 is 0 Å². The second kappa shape index (κ2) is 8.93. The lowest BCUT2D eigenvalue weighted by Gasteiger charge is -2.18. The van der Waals surface area contributed by atoms with Crippen LogP contribution in [-0.4, -0.2) is 7.05 Å². The summed E-state index contributed by atoms with van der Waals surface area (Å²) in [7, 11) is 1.87. The molecule has 19 heavy (non-hydrogen) atoms. The molecule has 0 fully saturated rings. The Bertz CT molecular complexity index is 398. The number of halogens is 3. The highest BCUT2D eigenvalue weighted by atomic mass is 79.9. The van der Waals surface area contributed by atoms with Crippen LogP contribution in [0.25, 0.3) is 0 Å². The monoisotopic (exact) mass is 349 g/mol. The summed E-state index contributed by atoms with van der Waals surface area (Å²) < 4.78 is 14.6. The van der Waals surface area contributed by atoms with Crippen molar-refractivity contribution < 1.29 is 4.39 Å². The van der Waals surface area contributed by atoms with Crippen LogP contribution in [0.2, 0.25) is 5.02 Å². The van der Waals surface area contributed by atoms with Crippen molar-refractivity contribution in [2.24, 2.45) is 0 Å². The molecule has 1 aromatic rings. The van der Waals surface area contributed by atoms with Gasteiger partial charge in [0.1, 0.15) is 5.82 Å². The molecule has 108 valence electrons. The molecule has 0 heterocycles. The molecule has 0 bridgehead atoms. The van der Waals surface area contributed by atoms with E-state index in [4.69, 9.17) is 11.6 Å². The van der Waals surface area contributed by atoms with Gasteiger partial charge in [0.25, 0.3) is 0 Å². The maximum Gasteiger partial charge on any atom is 0.129 e. The fourth-order valence-electron chi connectivity index (χ4n) is 2.21. The van der Waals surface area contributed by atoms with E-state index in [9.17, 15) is 4.39 Å². The van der Waals surface area contributed by atoms with E-state index >= 15 is 0 Å². The second-order valence-electron chi connectivity index (χ2n) is 4.83. The molecule has 0 spiro atoms. The quantitative estimate of drug-likeness (QED) is 0.457. The van der Waals surface area contributed by atoms with E-state index in [1.165, 1.54) is 31.7 Å². The topological polar surface area (TPSA) is 12.0 Å². The average Bonchev–Trinajstić information content (AvgIpc) is 2.39. The molecule has 0 amide bonds. The van der Waals surface area contributed by atoms with Gasteiger partial charge in [-0.2, -0.15) is 0 Å². The van der Waals surface area contributed by atoms with Crippen LogP contribution >= 0.6 is 27.5 Å². The third kappa shape index (κ3) is 5.41. The summed E-state index contributed by atoms with van der Waals surface area (Å²) in [6, 6.07) is 3.19. The van der Waals surface area contributed by atoms with Gasteiger partial charge in [-0.05, 0) is 41.5 Å². The molecule has 1 atom stereocenters. The van der Waals surface area contributed by atoms with Crippen molar-refractivity contribution in [2.45, 2.75) is 51.5 Å². The molecule has 1 rings (SSSR count). The van der Waals surface area contributed by atoms with Gasteiger partial charge in [-0.3, -0.25) is 0 Å². The average molecular weight is 351 g/mol. The van der Waals surface area contributed by atoms with Crippen molar-refractivity contribution in [1.29, 1.82) is 0 Å². The summed E-state index contributed by atoms with van der Waals surface area (Å²) in [6.45, 7) is 2.20. The van der Waals surface area contributed by atoms with Crippen LogP contribution in [0.3, 0.4) is 0 Å². The molecule has 0 aromatic heterocycles. The van der Waals surface area contributed by atoms with E-state index in [1.807, 2.05) is 7.05 Å². The van der Waals surface area contributed by atoms with Crippen LogP contribution in [0, 0.1) is 5.82 Å². The Balaban J connectivity index is 2.61. The Hall–Kier alpha value is -0.120. The van der Waals surface area contributed by atoms with E-state index in [2.05, 4.69) is 28.2 Å². The Labute approximate surface area is 129 Å². The molecule has 1 unspecified atom stereocenters. The molecule has 0 saturated heterocycles. The summed E-state index contributed by atoms with van der Waals surface area (Å²) in [4.78, 5) is 0. The van der Waals surface area contributed by atoms with Crippen LogP contribution in [0.4, 0.5) is 4.39 Å². The van der Waals surface area contributed by atoms with E-state index in [0.29, 0.717) is 15.1 Å². The van der Waals surface area contributed by atoms with Gasteiger partial charge in [0.15, 0.2) is 0 Å². The zero-order valence-electron chi connectivity index (χ0n) is 11.6. The minimum Gasteiger partial charge on any atom is -0.313 e. The lowest BCUT2D eigenvalue weighted by Crippen LogP contribution is -2.17. The van der Waals surface area contributed by atoms with Gasteiger partial charge in [0.05, 0.1) is 5.02 Å². The first kappa shape index (κ1) is 16.9. The number of rotatable bonds is 8. The number of benzene rings is 1. The lowest BCUT2D eigenvalue weighted by atomic mass is 9.99. The Morgan fingerprint density at radius 3 is 2.58 bits per heavy atom. The zero-order chi connectivity index (χ0) is 14.3. The maximum atomic E-state index is 14.0. The van der Waals surface area contributed by atoms with E-state index in [1.54, 1.807) is 6.07 Å². The van der Waals surface area contributed by atoms with Crippen LogP contribution < -0.4 is 5.32 Å². The van der Waals surface area contributed by atoms with Gasteiger partial charge < -0.3 is 5.32 Å². The number of hydrogen-bond donors (Lipinski definition) is 1. The SMILES string of the molecule is CCCCCCCC(NC)c1cc(Cl)c(Br)cc1F. The van der Waals surface area contributed by atoms with Crippen LogP contribution in [0.5, 0.6) is 0 Å². The molecule has 0 saturated carbocycles. The van der Waals surface area contributed by atoms with Crippen molar-refractivity contribution in [2.75, 3.05) is 7.05 Å². The van der Waals surface area contributed by atoms with Gasteiger partial charge in [-0.25, -0.2) is 4.39 Å². The van der Waals surface area contributed by atoms with Gasteiger partial charge in [0.2, 0.25) is 0 Å².